The van der Waals surface area contributed by atoms with Crippen LogP contribution in [0, 0.1) is 0 Å². The Labute approximate surface area is 191 Å². The number of para-hydroxylation sites is 1. The summed E-state index contributed by atoms with van der Waals surface area (Å²) in [6, 6.07) is 24.2. The van der Waals surface area contributed by atoms with E-state index in [0.717, 1.165) is 28.8 Å². The number of benzene rings is 3. The number of rotatable bonds is 5. The number of hydrogen-bond donors (Lipinski definition) is 3. The average Bonchev–Trinajstić information content (AvgIpc) is 3.25. The highest BCUT2D eigenvalue weighted by molar-refractivity contribution is 5.98. The Morgan fingerprint density at radius 3 is 2.39 bits per heavy atom. The van der Waals surface area contributed by atoms with Crippen molar-refractivity contribution in [1.29, 1.82) is 0 Å². The molecule has 1 unspecified atom stereocenters. The number of aromatic amines is 1. The molecule has 0 saturated heterocycles. The van der Waals surface area contributed by atoms with Gasteiger partial charge in [-0.05, 0) is 41.3 Å². The second kappa shape index (κ2) is 8.92. The van der Waals surface area contributed by atoms with Crippen LogP contribution >= 0.6 is 0 Å². The molecule has 0 spiro atoms. The van der Waals surface area contributed by atoms with Crippen LogP contribution in [0.3, 0.4) is 0 Å². The normalized spacial score (nSPS) is 14.0. The molecule has 0 fully saturated rings. The second-order valence-electron chi connectivity index (χ2n) is 8.29. The number of amides is 2. The van der Waals surface area contributed by atoms with E-state index in [4.69, 9.17) is 0 Å². The molecule has 2 heterocycles. The second-order valence-corrected chi connectivity index (χ2v) is 8.29. The molecule has 3 N–H and O–H groups in total. The van der Waals surface area contributed by atoms with Crippen LogP contribution in [0.25, 0.3) is 22.0 Å². The SMILES string of the molecule is O=C(NC(CO)C(=O)N1CCc2c([nH]c3ccccc23)C1)c1ccc(-c2ccccc2)cc1. The molecule has 166 valence electrons. The van der Waals surface area contributed by atoms with E-state index in [2.05, 4.69) is 16.4 Å². The van der Waals surface area contributed by atoms with Gasteiger partial charge in [0.2, 0.25) is 5.91 Å². The fourth-order valence-corrected chi connectivity index (χ4v) is 4.47. The number of nitrogens with zero attached hydrogens (tertiary/aromatic N) is 1. The predicted molar refractivity (Wildman–Crippen MR) is 128 cm³/mol. The number of aromatic nitrogens is 1. The van der Waals surface area contributed by atoms with Crippen LogP contribution < -0.4 is 5.32 Å². The smallest absolute Gasteiger partial charge is 0.251 e. The number of aliphatic hydroxyl groups excluding tert-OH is 1. The summed E-state index contributed by atoms with van der Waals surface area (Å²) in [5, 5.41) is 13.7. The van der Waals surface area contributed by atoms with Crippen molar-refractivity contribution in [2.75, 3.05) is 13.2 Å². The monoisotopic (exact) mass is 439 g/mol. The third kappa shape index (κ3) is 4.13. The number of carbonyl (C=O) groups excluding carboxylic acids is 2. The van der Waals surface area contributed by atoms with E-state index in [9.17, 15) is 14.7 Å². The van der Waals surface area contributed by atoms with E-state index < -0.39 is 12.6 Å². The van der Waals surface area contributed by atoms with E-state index in [-0.39, 0.29) is 11.8 Å². The summed E-state index contributed by atoms with van der Waals surface area (Å²) in [7, 11) is 0. The van der Waals surface area contributed by atoms with Gasteiger partial charge in [-0.3, -0.25) is 9.59 Å². The molecule has 0 radical (unpaired) electrons. The van der Waals surface area contributed by atoms with Crippen molar-refractivity contribution in [2.45, 2.75) is 19.0 Å². The topological polar surface area (TPSA) is 85.4 Å². The fraction of sp³-hybridized carbons (Fsp3) is 0.185. The lowest BCUT2D eigenvalue weighted by atomic mass is 10.0. The largest absolute Gasteiger partial charge is 0.394 e. The number of hydrogen-bond acceptors (Lipinski definition) is 3. The van der Waals surface area contributed by atoms with Crippen LogP contribution in [0.4, 0.5) is 0 Å². The van der Waals surface area contributed by atoms with E-state index in [1.807, 2.05) is 60.7 Å². The van der Waals surface area contributed by atoms with Crippen LogP contribution in [0.1, 0.15) is 21.6 Å². The van der Waals surface area contributed by atoms with Crippen LogP contribution in [0.5, 0.6) is 0 Å². The zero-order valence-electron chi connectivity index (χ0n) is 18.1. The van der Waals surface area contributed by atoms with Gasteiger partial charge in [0, 0.05) is 28.7 Å². The Balaban J connectivity index is 1.27. The summed E-state index contributed by atoms with van der Waals surface area (Å²) in [5.41, 5.74) is 5.81. The van der Waals surface area contributed by atoms with Gasteiger partial charge < -0.3 is 20.3 Å². The van der Waals surface area contributed by atoms with Crippen molar-refractivity contribution in [3.63, 3.8) is 0 Å². The molecule has 0 bridgehead atoms. The molecule has 0 aliphatic carbocycles. The quantitative estimate of drug-likeness (QED) is 0.445. The molecule has 1 aliphatic heterocycles. The van der Waals surface area contributed by atoms with Crippen LogP contribution in [0.2, 0.25) is 0 Å². The van der Waals surface area contributed by atoms with Gasteiger partial charge in [0.15, 0.2) is 0 Å². The molecule has 33 heavy (non-hydrogen) atoms. The molecule has 2 amide bonds. The van der Waals surface area contributed by atoms with Gasteiger partial charge in [0.25, 0.3) is 5.91 Å². The number of aliphatic hydroxyl groups is 1. The van der Waals surface area contributed by atoms with Crippen LogP contribution in [0.15, 0.2) is 78.9 Å². The predicted octanol–water partition coefficient (Wildman–Crippen LogP) is 3.51. The van der Waals surface area contributed by atoms with Gasteiger partial charge in [0.05, 0.1) is 13.2 Å². The zero-order chi connectivity index (χ0) is 22.8. The minimum atomic E-state index is -0.989. The highest BCUT2D eigenvalue weighted by Gasteiger charge is 2.29. The summed E-state index contributed by atoms with van der Waals surface area (Å²) >= 11 is 0. The first-order valence-corrected chi connectivity index (χ1v) is 11.1. The van der Waals surface area contributed by atoms with Crippen molar-refractivity contribution < 1.29 is 14.7 Å². The van der Waals surface area contributed by atoms with Crippen molar-refractivity contribution in [1.82, 2.24) is 15.2 Å². The van der Waals surface area contributed by atoms with E-state index in [1.165, 1.54) is 10.9 Å². The highest BCUT2D eigenvalue weighted by Crippen LogP contribution is 2.27. The summed E-state index contributed by atoms with van der Waals surface area (Å²) < 4.78 is 0. The Hall–Kier alpha value is -3.90. The standard InChI is InChI=1S/C27H25N3O3/c31-17-25(29-26(32)20-12-10-19(11-13-20)18-6-2-1-3-7-18)27(33)30-15-14-22-21-8-4-5-9-23(21)28-24(22)16-30/h1-13,25,28,31H,14-17H2,(H,29,32). The Bertz CT molecular complexity index is 1300. The van der Waals surface area contributed by atoms with Crippen molar-refractivity contribution in [2.24, 2.45) is 0 Å². The number of H-pyrrole nitrogens is 1. The summed E-state index contributed by atoms with van der Waals surface area (Å²) in [5.74, 6) is -0.665. The van der Waals surface area contributed by atoms with Gasteiger partial charge in [-0.25, -0.2) is 0 Å². The maximum atomic E-state index is 13.1. The fourth-order valence-electron chi connectivity index (χ4n) is 4.47. The minimum absolute atomic E-state index is 0.281. The molecule has 1 atom stereocenters. The van der Waals surface area contributed by atoms with Gasteiger partial charge in [-0.1, -0.05) is 60.7 Å². The molecule has 6 heteroatoms. The molecule has 6 nitrogen and oxygen atoms in total. The lowest BCUT2D eigenvalue weighted by Gasteiger charge is -2.30. The van der Waals surface area contributed by atoms with Gasteiger partial charge >= 0.3 is 0 Å². The average molecular weight is 440 g/mol. The summed E-state index contributed by atoms with van der Waals surface area (Å²) in [6.07, 6.45) is 0.734. The molecule has 5 rings (SSSR count). The van der Waals surface area contributed by atoms with E-state index in [0.29, 0.717) is 18.7 Å². The third-order valence-electron chi connectivity index (χ3n) is 6.23. The Morgan fingerprint density at radius 1 is 0.939 bits per heavy atom. The molecular weight excluding hydrogens is 414 g/mol. The van der Waals surface area contributed by atoms with Gasteiger partial charge in [-0.2, -0.15) is 0 Å². The first-order valence-electron chi connectivity index (χ1n) is 11.1. The molecular formula is C27H25N3O3. The molecule has 0 saturated carbocycles. The molecule has 1 aromatic heterocycles. The Kier molecular flexibility index (Phi) is 5.67. The van der Waals surface area contributed by atoms with Gasteiger partial charge in [0.1, 0.15) is 6.04 Å². The highest BCUT2D eigenvalue weighted by atomic mass is 16.3. The van der Waals surface area contributed by atoms with E-state index in [1.54, 1.807) is 17.0 Å². The van der Waals surface area contributed by atoms with Crippen molar-refractivity contribution >= 4 is 22.7 Å². The zero-order valence-corrected chi connectivity index (χ0v) is 18.1. The minimum Gasteiger partial charge on any atom is -0.394 e. The van der Waals surface area contributed by atoms with Crippen molar-refractivity contribution in [3.05, 3.63) is 95.7 Å². The maximum absolute atomic E-state index is 13.1. The van der Waals surface area contributed by atoms with Crippen molar-refractivity contribution in [3.8, 4) is 11.1 Å². The summed E-state index contributed by atoms with van der Waals surface area (Å²) in [6.45, 7) is 0.523. The third-order valence-corrected chi connectivity index (χ3v) is 6.23. The number of carbonyl (C=O) groups is 2. The first kappa shape index (κ1) is 21.0. The number of nitrogens with one attached hydrogen (secondary N) is 2. The Morgan fingerprint density at radius 2 is 1.64 bits per heavy atom. The lowest BCUT2D eigenvalue weighted by molar-refractivity contribution is -0.135. The maximum Gasteiger partial charge on any atom is 0.251 e. The van der Waals surface area contributed by atoms with Gasteiger partial charge in [-0.15, -0.1) is 0 Å². The first-order chi connectivity index (χ1) is 16.1. The summed E-state index contributed by atoms with van der Waals surface area (Å²) in [4.78, 5) is 31.0. The molecule has 1 aliphatic rings. The molecule has 4 aromatic rings. The number of fused-ring (bicyclic) bond motifs is 3. The van der Waals surface area contributed by atoms with Crippen LogP contribution in [-0.2, 0) is 17.8 Å². The van der Waals surface area contributed by atoms with Crippen LogP contribution in [-0.4, -0.2) is 46.0 Å². The van der Waals surface area contributed by atoms with E-state index >= 15 is 0 Å². The lowest BCUT2D eigenvalue weighted by Crippen LogP contribution is -2.51. The molecule has 3 aromatic carbocycles.